The Morgan fingerprint density at radius 1 is 1.15 bits per heavy atom. The first kappa shape index (κ1) is 13.1. The van der Waals surface area contributed by atoms with Gasteiger partial charge in [-0.15, -0.1) is 11.8 Å². The molecule has 102 valence electrons. The van der Waals surface area contributed by atoms with Crippen LogP contribution in [0.1, 0.15) is 12.0 Å². The molecule has 0 aromatic heterocycles. The number of phenols is 1. The fraction of sp³-hybridized carbons (Fsp3) is 0.188. The normalized spacial score (nSPS) is 18.0. The molecule has 0 aliphatic carbocycles. The number of carbonyl (C=O) groups excluding carboxylic acids is 1. The van der Waals surface area contributed by atoms with E-state index in [1.807, 2.05) is 24.3 Å². The molecular formula is C16H15NO2S. The van der Waals surface area contributed by atoms with Crippen LogP contribution >= 0.6 is 11.8 Å². The Hall–Kier alpha value is -1.94. The highest BCUT2D eigenvalue weighted by Gasteiger charge is 2.24. The number of rotatable bonds is 2. The Morgan fingerprint density at radius 3 is 2.85 bits per heavy atom. The van der Waals surface area contributed by atoms with E-state index in [0.717, 1.165) is 23.4 Å². The van der Waals surface area contributed by atoms with Gasteiger partial charge in [-0.1, -0.05) is 24.3 Å². The van der Waals surface area contributed by atoms with Crippen molar-refractivity contribution in [2.24, 2.45) is 0 Å². The van der Waals surface area contributed by atoms with Gasteiger partial charge in [0, 0.05) is 10.6 Å². The smallest absolute Gasteiger partial charge is 0.237 e. The summed E-state index contributed by atoms with van der Waals surface area (Å²) >= 11 is 1.50. The number of anilines is 1. The van der Waals surface area contributed by atoms with E-state index >= 15 is 0 Å². The van der Waals surface area contributed by atoms with E-state index in [1.54, 1.807) is 18.2 Å². The molecule has 0 saturated carbocycles. The first-order chi connectivity index (χ1) is 9.72. The maximum absolute atomic E-state index is 12.3. The lowest BCUT2D eigenvalue weighted by Crippen LogP contribution is -2.23. The second kappa shape index (κ2) is 5.59. The fourth-order valence-corrected chi connectivity index (χ4v) is 3.40. The molecule has 0 bridgehead atoms. The van der Waals surface area contributed by atoms with Crippen LogP contribution in [-0.2, 0) is 11.2 Å². The molecule has 1 aliphatic rings. The number of hydrogen-bond donors (Lipinski definition) is 2. The lowest BCUT2D eigenvalue weighted by molar-refractivity contribution is -0.115. The van der Waals surface area contributed by atoms with Crippen LogP contribution in [0.15, 0.2) is 53.4 Å². The van der Waals surface area contributed by atoms with E-state index in [2.05, 4.69) is 11.4 Å². The zero-order valence-electron chi connectivity index (χ0n) is 10.9. The monoisotopic (exact) mass is 285 g/mol. The van der Waals surface area contributed by atoms with E-state index in [4.69, 9.17) is 0 Å². The van der Waals surface area contributed by atoms with Gasteiger partial charge in [0.25, 0.3) is 0 Å². The first-order valence-corrected chi connectivity index (χ1v) is 7.45. The number of fused-ring (bicyclic) bond motifs is 1. The largest absolute Gasteiger partial charge is 0.508 e. The molecule has 2 aromatic carbocycles. The Bertz CT molecular complexity index is 642. The molecule has 1 unspecified atom stereocenters. The maximum Gasteiger partial charge on any atom is 0.237 e. The van der Waals surface area contributed by atoms with Crippen LogP contribution in [0.3, 0.4) is 0 Å². The third-order valence-electron chi connectivity index (χ3n) is 3.34. The molecule has 0 saturated heterocycles. The SMILES string of the molecule is O=C1Nc2ccccc2CCC1Sc1cccc(O)c1. The zero-order valence-corrected chi connectivity index (χ0v) is 11.7. The van der Waals surface area contributed by atoms with Crippen molar-refractivity contribution in [2.75, 3.05) is 5.32 Å². The van der Waals surface area contributed by atoms with E-state index in [9.17, 15) is 9.90 Å². The van der Waals surface area contributed by atoms with Crippen molar-refractivity contribution in [2.45, 2.75) is 23.0 Å². The molecular weight excluding hydrogens is 270 g/mol. The van der Waals surface area contributed by atoms with Gasteiger partial charge in [0.1, 0.15) is 5.75 Å². The number of amides is 1. The number of nitrogens with one attached hydrogen (secondary N) is 1. The molecule has 2 aromatic rings. The molecule has 0 radical (unpaired) electrons. The minimum atomic E-state index is -0.135. The molecule has 3 nitrogen and oxygen atoms in total. The maximum atomic E-state index is 12.3. The second-order valence-corrected chi connectivity index (χ2v) is 6.07. The number of carbonyl (C=O) groups is 1. The molecule has 1 aliphatic heterocycles. The predicted octanol–water partition coefficient (Wildman–Crippen LogP) is 3.44. The quantitative estimate of drug-likeness (QED) is 0.888. The zero-order chi connectivity index (χ0) is 13.9. The van der Waals surface area contributed by atoms with Gasteiger partial charge in [0.15, 0.2) is 0 Å². The van der Waals surface area contributed by atoms with Gasteiger partial charge in [-0.2, -0.15) is 0 Å². The Labute approximate surface area is 122 Å². The number of benzene rings is 2. The van der Waals surface area contributed by atoms with Gasteiger partial charge in [-0.3, -0.25) is 4.79 Å². The summed E-state index contributed by atoms with van der Waals surface area (Å²) in [5.41, 5.74) is 2.09. The number of aromatic hydroxyl groups is 1. The summed E-state index contributed by atoms with van der Waals surface area (Å²) in [5, 5.41) is 12.3. The lowest BCUT2D eigenvalue weighted by Gasteiger charge is -2.12. The van der Waals surface area contributed by atoms with E-state index in [0.29, 0.717) is 0 Å². The van der Waals surface area contributed by atoms with E-state index in [1.165, 1.54) is 17.3 Å². The lowest BCUT2D eigenvalue weighted by atomic mass is 10.1. The number of thioether (sulfide) groups is 1. The van der Waals surface area contributed by atoms with Crippen molar-refractivity contribution in [3.63, 3.8) is 0 Å². The van der Waals surface area contributed by atoms with Crippen LogP contribution in [0, 0.1) is 0 Å². The summed E-state index contributed by atoms with van der Waals surface area (Å²) in [6, 6.07) is 14.9. The van der Waals surface area contributed by atoms with Gasteiger partial charge in [-0.05, 0) is 42.7 Å². The van der Waals surface area contributed by atoms with Crippen LogP contribution in [0.4, 0.5) is 5.69 Å². The van der Waals surface area contributed by atoms with E-state index < -0.39 is 0 Å². The molecule has 4 heteroatoms. The van der Waals surface area contributed by atoms with Crippen LogP contribution in [-0.4, -0.2) is 16.3 Å². The Balaban J connectivity index is 1.78. The van der Waals surface area contributed by atoms with Gasteiger partial charge in [-0.25, -0.2) is 0 Å². The minimum Gasteiger partial charge on any atom is -0.508 e. The van der Waals surface area contributed by atoms with Crippen LogP contribution < -0.4 is 5.32 Å². The van der Waals surface area contributed by atoms with Crippen molar-refractivity contribution >= 4 is 23.4 Å². The summed E-state index contributed by atoms with van der Waals surface area (Å²) in [7, 11) is 0. The molecule has 20 heavy (non-hydrogen) atoms. The number of aryl methyl sites for hydroxylation is 1. The van der Waals surface area contributed by atoms with Crippen molar-refractivity contribution in [1.82, 2.24) is 0 Å². The summed E-state index contributed by atoms with van der Waals surface area (Å²) in [6.45, 7) is 0. The third kappa shape index (κ3) is 2.80. The van der Waals surface area contributed by atoms with Gasteiger partial charge >= 0.3 is 0 Å². The Kier molecular flexibility index (Phi) is 3.65. The predicted molar refractivity (Wildman–Crippen MR) is 81.1 cm³/mol. The first-order valence-electron chi connectivity index (χ1n) is 6.57. The molecule has 1 heterocycles. The summed E-state index contributed by atoms with van der Waals surface area (Å²) in [4.78, 5) is 13.2. The summed E-state index contributed by atoms with van der Waals surface area (Å²) < 4.78 is 0. The fourth-order valence-electron chi connectivity index (χ4n) is 2.32. The number of hydrogen-bond acceptors (Lipinski definition) is 3. The van der Waals surface area contributed by atoms with Crippen LogP contribution in [0.2, 0.25) is 0 Å². The molecule has 0 spiro atoms. The highest BCUT2D eigenvalue weighted by molar-refractivity contribution is 8.00. The standard InChI is InChI=1S/C16H15NO2S/c18-12-5-3-6-13(10-12)20-15-9-8-11-4-1-2-7-14(11)17-16(15)19/h1-7,10,15,18H,8-9H2,(H,17,19). The summed E-state index contributed by atoms with van der Waals surface area (Å²) in [6.07, 6.45) is 1.68. The average Bonchev–Trinajstić information content (AvgIpc) is 2.59. The number of phenolic OH excluding ortho intramolecular Hbond substituents is 1. The minimum absolute atomic E-state index is 0.0308. The highest BCUT2D eigenvalue weighted by atomic mass is 32.2. The Morgan fingerprint density at radius 2 is 2.00 bits per heavy atom. The average molecular weight is 285 g/mol. The van der Waals surface area contributed by atoms with Gasteiger partial charge in [0.05, 0.1) is 5.25 Å². The van der Waals surface area contributed by atoms with Crippen molar-refractivity contribution in [3.05, 3.63) is 54.1 Å². The van der Waals surface area contributed by atoms with Crippen molar-refractivity contribution in [3.8, 4) is 5.75 Å². The second-order valence-electron chi connectivity index (χ2n) is 4.79. The van der Waals surface area contributed by atoms with Crippen LogP contribution in [0.5, 0.6) is 5.75 Å². The third-order valence-corrected chi connectivity index (χ3v) is 4.60. The van der Waals surface area contributed by atoms with Crippen LogP contribution in [0.25, 0.3) is 0 Å². The van der Waals surface area contributed by atoms with E-state index in [-0.39, 0.29) is 16.9 Å². The molecule has 1 atom stereocenters. The van der Waals surface area contributed by atoms with Gasteiger partial charge in [0.2, 0.25) is 5.91 Å². The molecule has 3 rings (SSSR count). The topological polar surface area (TPSA) is 49.3 Å². The molecule has 0 fully saturated rings. The number of para-hydroxylation sites is 1. The van der Waals surface area contributed by atoms with Crippen molar-refractivity contribution < 1.29 is 9.90 Å². The van der Waals surface area contributed by atoms with Gasteiger partial charge < -0.3 is 10.4 Å². The highest BCUT2D eigenvalue weighted by Crippen LogP contribution is 2.32. The van der Waals surface area contributed by atoms with Crippen molar-refractivity contribution in [1.29, 1.82) is 0 Å². The molecule has 2 N–H and O–H groups in total. The molecule has 1 amide bonds. The summed E-state index contributed by atoms with van der Waals surface area (Å²) in [5.74, 6) is 0.260.